The van der Waals surface area contributed by atoms with Crippen LogP contribution in [0, 0.1) is 6.92 Å². The summed E-state index contributed by atoms with van der Waals surface area (Å²) >= 11 is 0. The Morgan fingerprint density at radius 3 is 2.03 bits per heavy atom. The molecular weight excluding hydrogens is 416 g/mol. The molecule has 0 aliphatic carbocycles. The van der Waals surface area contributed by atoms with E-state index in [9.17, 15) is 18.0 Å². The first-order chi connectivity index (χ1) is 14.7. The number of amides is 2. The first-order valence-electron chi connectivity index (χ1n) is 10.1. The van der Waals surface area contributed by atoms with E-state index >= 15 is 0 Å². The minimum Gasteiger partial charge on any atom is -0.300 e. The first kappa shape index (κ1) is 24.5. The van der Waals surface area contributed by atoms with E-state index in [4.69, 9.17) is 0 Å². The summed E-state index contributed by atoms with van der Waals surface area (Å²) in [4.78, 5) is 26.7. The second kappa shape index (κ2) is 11.0. The zero-order valence-corrected chi connectivity index (χ0v) is 19.2. The van der Waals surface area contributed by atoms with Crippen LogP contribution in [-0.4, -0.2) is 56.1 Å². The van der Waals surface area contributed by atoms with Gasteiger partial charge in [0.1, 0.15) is 0 Å². The Kier molecular flexibility index (Phi) is 8.73. The predicted molar refractivity (Wildman–Crippen MR) is 120 cm³/mol. The molecule has 0 saturated heterocycles. The Morgan fingerprint density at radius 2 is 1.48 bits per heavy atom. The molecule has 0 saturated carbocycles. The second-order valence-corrected chi connectivity index (χ2v) is 9.28. The van der Waals surface area contributed by atoms with Gasteiger partial charge in [-0.3, -0.25) is 25.3 Å². The fourth-order valence-corrected chi connectivity index (χ4v) is 4.01. The van der Waals surface area contributed by atoms with Crippen molar-refractivity contribution in [2.75, 3.05) is 26.7 Å². The molecule has 2 amide bonds. The molecule has 0 heterocycles. The molecule has 2 rings (SSSR count). The van der Waals surface area contributed by atoms with Gasteiger partial charge in [-0.1, -0.05) is 43.7 Å². The fraction of sp³-hybridized carbons (Fsp3) is 0.364. The summed E-state index contributed by atoms with van der Waals surface area (Å²) in [6, 6.07) is 13.5. The number of carbonyl (C=O) groups is 2. The highest BCUT2D eigenvalue weighted by Crippen LogP contribution is 2.14. The van der Waals surface area contributed by atoms with E-state index in [1.165, 1.54) is 19.2 Å². The number of rotatable bonds is 9. The van der Waals surface area contributed by atoms with Crippen LogP contribution in [0.1, 0.15) is 35.3 Å². The van der Waals surface area contributed by atoms with Crippen LogP contribution in [0.5, 0.6) is 0 Å². The standard InChI is InChI=1S/C22H30N4O4S/c1-5-26(6-2)15-18-9-11-19(12-10-18)22(28)24-23-21(27)16-25(4)31(29,30)20-13-7-17(3)8-14-20/h7-14H,5-6,15-16H2,1-4H3,(H,23,27)(H,24,28). The maximum atomic E-state index is 12.5. The lowest BCUT2D eigenvalue weighted by molar-refractivity contribution is -0.121. The van der Waals surface area contributed by atoms with Gasteiger partial charge in [-0.15, -0.1) is 0 Å². The van der Waals surface area contributed by atoms with Crippen LogP contribution in [0.25, 0.3) is 0 Å². The average Bonchev–Trinajstić information content (AvgIpc) is 2.76. The van der Waals surface area contributed by atoms with Crippen LogP contribution in [0.15, 0.2) is 53.4 Å². The third-order valence-electron chi connectivity index (χ3n) is 4.93. The number of nitrogens with one attached hydrogen (secondary N) is 2. The van der Waals surface area contributed by atoms with Gasteiger partial charge < -0.3 is 0 Å². The molecule has 0 aliphatic rings. The number of hydrogen-bond donors (Lipinski definition) is 2. The lowest BCUT2D eigenvalue weighted by atomic mass is 10.1. The average molecular weight is 447 g/mol. The van der Waals surface area contributed by atoms with Crippen LogP contribution in [0.2, 0.25) is 0 Å². The van der Waals surface area contributed by atoms with Crippen molar-refractivity contribution in [1.29, 1.82) is 0 Å². The van der Waals surface area contributed by atoms with E-state index in [0.29, 0.717) is 5.56 Å². The zero-order valence-electron chi connectivity index (χ0n) is 18.4. The summed E-state index contributed by atoms with van der Waals surface area (Å²) < 4.78 is 26.0. The van der Waals surface area contributed by atoms with Crippen molar-refractivity contribution in [3.05, 3.63) is 65.2 Å². The number of hydrogen-bond acceptors (Lipinski definition) is 5. The van der Waals surface area contributed by atoms with Gasteiger partial charge >= 0.3 is 0 Å². The fourth-order valence-electron chi connectivity index (χ4n) is 2.88. The first-order valence-corrected chi connectivity index (χ1v) is 11.5. The maximum Gasteiger partial charge on any atom is 0.269 e. The van der Waals surface area contributed by atoms with Crippen molar-refractivity contribution in [2.45, 2.75) is 32.2 Å². The van der Waals surface area contributed by atoms with Crippen molar-refractivity contribution in [1.82, 2.24) is 20.1 Å². The number of carbonyl (C=O) groups excluding carboxylic acids is 2. The van der Waals surface area contributed by atoms with Crippen molar-refractivity contribution < 1.29 is 18.0 Å². The molecule has 0 atom stereocenters. The predicted octanol–water partition coefficient (Wildman–Crippen LogP) is 1.92. The monoisotopic (exact) mass is 446 g/mol. The van der Waals surface area contributed by atoms with Crippen LogP contribution in [-0.2, 0) is 21.4 Å². The molecule has 2 aromatic rings. The number of sulfonamides is 1. The minimum atomic E-state index is -3.81. The Bertz CT molecular complexity index is 985. The summed E-state index contributed by atoms with van der Waals surface area (Å²) in [5.74, 6) is -1.13. The molecule has 0 radical (unpaired) electrons. The lowest BCUT2D eigenvalue weighted by Crippen LogP contribution is -2.46. The number of benzene rings is 2. The molecular formula is C22H30N4O4S. The van der Waals surface area contributed by atoms with Crippen molar-refractivity contribution in [3.8, 4) is 0 Å². The molecule has 31 heavy (non-hydrogen) atoms. The van der Waals surface area contributed by atoms with E-state index in [1.807, 2.05) is 19.1 Å². The second-order valence-electron chi connectivity index (χ2n) is 7.23. The molecule has 0 aliphatic heterocycles. The SMILES string of the molecule is CCN(CC)Cc1ccc(C(=O)NNC(=O)CN(C)S(=O)(=O)c2ccc(C)cc2)cc1. The normalized spacial score (nSPS) is 11.5. The number of hydrazine groups is 1. The van der Waals surface area contributed by atoms with E-state index < -0.39 is 28.4 Å². The van der Waals surface area contributed by atoms with Crippen LogP contribution in [0.3, 0.4) is 0 Å². The minimum absolute atomic E-state index is 0.0993. The van der Waals surface area contributed by atoms with Crippen LogP contribution in [0.4, 0.5) is 0 Å². The Morgan fingerprint density at radius 1 is 0.903 bits per heavy atom. The van der Waals surface area contributed by atoms with E-state index in [1.54, 1.807) is 24.3 Å². The summed E-state index contributed by atoms with van der Waals surface area (Å²) in [5, 5.41) is 0. The molecule has 8 nitrogen and oxygen atoms in total. The highest BCUT2D eigenvalue weighted by Gasteiger charge is 2.23. The van der Waals surface area contributed by atoms with E-state index in [0.717, 1.165) is 35.1 Å². The number of nitrogens with zero attached hydrogens (tertiary/aromatic N) is 2. The smallest absolute Gasteiger partial charge is 0.269 e. The van der Waals surface area contributed by atoms with Gasteiger partial charge in [-0.25, -0.2) is 8.42 Å². The third-order valence-corrected chi connectivity index (χ3v) is 6.75. The largest absolute Gasteiger partial charge is 0.300 e. The zero-order chi connectivity index (χ0) is 23.0. The topological polar surface area (TPSA) is 98.8 Å². The third kappa shape index (κ3) is 6.88. The van der Waals surface area contributed by atoms with Gasteiger partial charge in [0.2, 0.25) is 10.0 Å². The molecule has 0 unspecified atom stereocenters. The molecule has 0 bridgehead atoms. The van der Waals surface area contributed by atoms with Gasteiger partial charge in [-0.05, 0) is 49.8 Å². The Labute approximate surface area is 184 Å². The number of likely N-dealkylation sites (N-methyl/N-ethyl adjacent to an activating group) is 1. The summed E-state index contributed by atoms with van der Waals surface area (Å²) in [5.41, 5.74) is 6.99. The molecule has 9 heteroatoms. The lowest BCUT2D eigenvalue weighted by Gasteiger charge is -2.18. The highest BCUT2D eigenvalue weighted by atomic mass is 32.2. The summed E-state index contributed by atoms with van der Waals surface area (Å²) in [7, 11) is -2.49. The van der Waals surface area contributed by atoms with Crippen LogP contribution >= 0.6 is 0 Å². The Hall–Kier alpha value is -2.75. The van der Waals surface area contributed by atoms with Gasteiger partial charge in [0.15, 0.2) is 0 Å². The number of aryl methyl sites for hydroxylation is 1. The highest BCUT2D eigenvalue weighted by molar-refractivity contribution is 7.89. The van der Waals surface area contributed by atoms with Crippen molar-refractivity contribution >= 4 is 21.8 Å². The maximum absolute atomic E-state index is 12.5. The van der Waals surface area contributed by atoms with Gasteiger partial charge in [0.05, 0.1) is 11.4 Å². The molecule has 0 spiro atoms. The summed E-state index contributed by atoms with van der Waals surface area (Å²) in [6.07, 6.45) is 0. The van der Waals surface area contributed by atoms with Gasteiger partial charge in [-0.2, -0.15) is 4.31 Å². The molecule has 0 fully saturated rings. The van der Waals surface area contributed by atoms with Gasteiger partial charge in [0, 0.05) is 19.2 Å². The van der Waals surface area contributed by atoms with Crippen molar-refractivity contribution in [2.24, 2.45) is 0 Å². The molecule has 2 N–H and O–H groups in total. The molecule has 0 aromatic heterocycles. The van der Waals surface area contributed by atoms with Crippen LogP contribution < -0.4 is 10.9 Å². The van der Waals surface area contributed by atoms with Crippen molar-refractivity contribution in [3.63, 3.8) is 0 Å². The molecule has 168 valence electrons. The molecule has 2 aromatic carbocycles. The quantitative estimate of drug-likeness (QED) is 0.574. The van der Waals surface area contributed by atoms with Gasteiger partial charge in [0.25, 0.3) is 11.8 Å². The van der Waals surface area contributed by atoms with E-state index in [2.05, 4.69) is 29.6 Å². The Balaban J connectivity index is 1.88. The van der Waals surface area contributed by atoms with E-state index in [-0.39, 0.29) is 4.90 Å². The summed E-state index contributed by atoms with van der Waals surface area (Å²) in [6.45, 7) is 8.30.